The molecular weight excluding hydrogens is 158 g/mol. The van der Waals surface area contributed by atoms with E-state index in [4.69, 9.17) is 5.11 Å². The van der Waals surface area contributed by atoms with Crippen molar-refractivity contribution in [3.63, 3.8) is 0 Å². The molecule has 0 bridgehead atoms. The second-order valence-corrected chi connectivity index (χ2v) is 3.93. The van der Waals surface area contributed by atoms with E-state index in [1.165, 1.54) is 10.4 Å². The Morgan fingerprint density at radius 2 is 2.18 bits per heavy atom. The summed E-state index contributed by atoms with van der Waals surface area (Å²) in [5, 5.41) is 13.0. The van der Waals surface area contributed by atoms with Crippen LogP contribution in [0.4, 0.5) is 5.00 Å². The fourth-order valence-corrected chi connectivity index (χ4v) is 1.87. The summed E-state index contributed by atoms with van der Waals surface area (Å²) in [6, 6.07) is 2.05. The van der Waals surface area contributed by atoms with Crippen molar-refractivity contribution >= 4 is 16.3 Å². The molecule has 0 spiro atoms. The third-order valence-corrected chi connectivity index (χ3v) is 2.60. The zero-order valence-electron chi connectivity index (χ0n) is 7.01. The Morgan fingerprint density at radius 3 is 2.55 bits per heavy atom. The summed E-state index contributed by atoms with van der Waals surface area (Å²) in [4.78, 5) is 1.30. The molecule has 3 heteroatoms. The maximum absolute atomic E-state index is 9.00. The third-order valence-electron chi connectivity index (χ3n) is 1.52. The number of hydrogen-bond acceptors (Lipinski definition) is 3. The molecule has 1 aromatic rings. The minimum Gasteiger partial charge on any atom is -0.374 e. The Bertz CT molecular complexity index is 223. The van der Waals surface area contributed by atoms with Gasteiger partial charge in [-0.05, 0) is 32.4 Å². The zero-order valence-corrected chi connectivity index (χ0v) is 7.83. The van der Waals surface area contributed by atoms with Crippen molar-refractivity contribution in [2.45, 2.75) is 27.0 Å². The van der Waals surface area contributed by atoms with E-state index in [2.05, 4.69) is 19.2 Å². The molecule has 0 saturated carbocycles. The van der Waals surface area contributed by atoms with Gasteiger partial charge in [-0.3, -0.25) is 0 Å². The van der Waals surface area contributed by atoms with Gasteiger partial charge in [0.2, 0.25) is 0 Å². The maximum atomic E-state index is 9.00. The molecule has 0 amide bonds. The van der Waals surface area contributed by atoms with Crippen molar-refractivity contribution < 1.29 is 5.11 Å². The summed E-state index contributed by atoms with van der Waals surface area (Å²) in [5.41, 5.74) is 1.28. The van der Waals surface area contributed by atoms with Crippen molar-refractivity contribution in [1.29, 1.82) is 0 Å². The van der Waals surface area contributed by atoms with Crippen LogP contribution >= 0.6 is 11.3 Å². The Morgan fingerprint density at radius 1 is 1.55 bits per heavy atom. The molecule has 0 radical (unpaired) electrons. The van der Waals surface area contributed by atoms with Gasteiger partial charge in [0.15, 0.2) is 0 Å². The number of aliphatic hydroxyl groups is 1. The van der Waals surface area contributed by atoms with Crippen LogP contribution < -0.4 is 5.32 Å². The molecular formula is C8H13NOS. The first-order chi connectivity index (χ1) is 5.09. The van der Waals surface area contributed by atoms with Gasteiger partial charge < -0.3 is 10.4 Å². The highest BCUT2D eigenvalue weighted by Crippen LogP contribution is 2.25. The van der Waals surface area contributed by atoms with Gasteiger partial charge in [0.1, 0.15) is 6.23 Å². The molecule has 62 valence electrons. The molecule has 0 saturated heterocycles. The molecule has 1 unspecified atom stereocenters. The fourth-order valence-electron chi connectivity index (χ4n) is 0.850. The third kappa shape index (κ3) is 2.20. The topological polar surface area (TPSA) is 32.3 Å². The van der Waals surface area contributed by atoms with E-state index in [1.54, 1.807) is 18.3 Å². The minimum atomic E-state index is -0.465. The van der Waals surface area contributed by atoms with Crippen LogP contribution in [0.15, 0.2) is 6.07 Å². The lowest BCUT2D eigenvalue weighted by molar-refractivity contribution is 0.225. The smallest absolute Gasteiger partial charge is 0.122 e. The van der Waals surface area contributed by atoms with Gasteiger partial charge in [0, 0.05) is 4.88 Å². The van der Waals surface area contributed by atoms with Gasteiger partial charge in [0.25, 0.3) is 0 Å². The lowest BCUT2D eigenvalue weighted by Gasteiger charge is -2.04. The van der Waals surface area contributed by atoms with E-state index in [0.29, 0.717) is 0 Å². The van der Waals surface area contributed by atoms with Crippen LogP contribution in [0.25, 0.3) is 0 Å². The van der Waals surface area contributed by atoms with Gasteiger partial charge in [-0.2, -0.15) is 0 Å². The summed E-state index contributed by atoms with van der Waals surface area (Å²) in [6.45, 7) is 5.86. The molecule has 1 heterocycles. The van der Waals surface area contributed by atoms with Crippen LogP contribution in [0.3, 0.4) is 0 Å². The number of hydrogen-bond donors (Lipinski definition) is 2. The van der Waals surface area contributed by atoms with E-state index < -0.39 is 6.23 Å². The number of aliphatic hydroxyl groups excluding tert-OH is 1. The molecule has 0 aliphatic rings. The standard InChI is InChI=1S/C8H13NOS/c1-5-4-8(9-7(3)10)11-6(5)2/h4,7,9-10H,1-3H3. The van der Waals surface area contributed by atoms with Crippen molar-refractivity contribution in [2.75, 3.05) is 5.32 Å². The van der Waals surface area contributed by atoms with E-state index in [0.717, 1.165) is 5.00 Å². The van der Waals surface area contributed by atoms with Gasteiger partial charge in [-0.1, -0.05) is 0 Å². The van der Waals surface area contributed by atoms with Gasteiger partial charge >= 0.3 is 0 Å². The quantitative estimate of drug-likeness (QED) is 0.668. The highest BCUT2D eigenvalue weighted by atomic mass is 32.1. The Hall–Kier alpha value is -0.540. The van der Waals surface area contributed by atoms with E-state index in [1.807, 2.05) is 6.07 Å². The number of anilines is 1. The van der Waals surface area contributed by atoms with Gasteiger partial charge in [0.05, 0.1) is 5.00 Å². The van der Waals surface area contributed by atoms with E-state index >= 15 is 0 Å². The van der Waals surface area contributed by atoms with Crippen LogP contribution in [-0.2, 0) is 0 Å². The van der Waals surface area contributed by atoms with Crippen LogP contribution in [0.2, 0.25) is 0 Å². The lowest BCUT2D eigenvalue weighted by Crippen LogP contribution is -2.11. The minimum absolute atomic E-state index is 0.465. The second-order valence-electron chi connectivity index (χ2n) is 2.67. The molecule has 0 aliphatic carbocycles. The molecule has 1 atom stereocenters. The van der Waals surface area contributed by atoms with E-state index in [-0.39, 0.29) is 0 Å². The number of rotatable bonds is 2. The first-order valence-electron chi connectivity index (χ1n) is 3.61. The maximum Gasteiger partial charge on any atom is 0.122 e. The average molecular weight is 171 g/mol. The highest BCUT2D eigenvalue weighted by molar-refractivity contribution is 7.16. The molecule has 0 fully saturated rings. The first-order valence-corrected chi connectivity index (χ1v) is 4.43. The SMILES string of the molecule is Cc1cc(NC(C)O)sc1C. The second kappa shape index (κ2) is 3.24. The molecule has 1 aromatic heterocycles. The Labute approximate surface area is 70.9 Å². The number of nitrogens with one attached hydrogen (secondary N) is 1. The number of thiophene rings is 1. The largest absolute Gasteiger partial charge is 0.374 e. The average Bonchev–Trinajstić information content (AvgIpc) is 2.10. The fraction of sp³-hybridized carbons (Fsp3) is 0.500. The zero-order chi connectivity index (χ0) is 8.43. The monoisotopic (exact) mass is 171 g/mol. The molecule has 1 rings (SSSR count). The normalized spacial score (nSPS) is 13.1. The predicted octanol–water partition coefficient (Wildman–Crippen LogP) is 2.12. The Kier molecular flexibility index (Phi) is 2.52. The van der Waals surface area contributed by atoms with Crippen LogP contribution in [0.1, 0.15) is 17.4 Å². The molecule has 0 aromatic carbocycles. The summed E-state index contributed by atoms with van der Waals surface area (Å²) >= 11 is 1.67. The number of aryl methyl sites for hydroxylation is 2. The van der Waals surface area contributed by atoms with Crippen LogP contribution in [0.5, 0.6) is 0 Å². The van der Waals surface area contributed by atoms with Crippen molar-refractivity contribution in [2.24, 2.45) is 0 Å². The summed E-state index contributed by atoms with van der Waals surface area (Å²) in [7, 11) is 0. The predicted molar refractivity (Wildman–Crippen MR) is 49.1 cm³/mol. The van der Waals surface area contributed by atoms with Gasteiger partial charge in [-0.15, -0.1) is 11.3 Å². The van der Waals surface area contributed by atoms with Crippen molar-refractivity contribution in [1.82, 2.24) is 0 Å². The summed E-state index contributed by atoms with van der Waals surface area (Å²) < 4.78 is 0. The van der Waals surface area contributed by atoms with E-state index in [9.17, 15) is 0 Å². The molecule has 11 heavy (non-hydrogen) atoms. The molecule has 2 N–H and O–H groups in total. The molecule has 0 aliphatic heterocycles. The highest BCUT2D eigenvalue weighted by Gasteiger charge is 2.01. The summed E-state index contributed by atoms with van der Waals surface area (Å²) in [5.74, 6) is 0. The van der Waals surface area contributed by atoms with Crippen LogP contribution in [-0.4, -0.2) is 11.3 Å². The first kappa shape index (κ1) is 8.56. The van der Waals surface area contributed by atoms with Crippen molar-refractivity contribution in [3.8, 4) is 0 Å². The summed E-state index contributed by atoms with van der Waals surface area (Å²) in [6.07, 6.45) is -0.465. The van der Waals surface area contributed by atoms with Crippen molar-refractivity contribution in [3.05, 3.63) is 16.5 Å². The lowest BCUT2D eigenvalue weighted by atomic mass is 10.3. The van der Waals surface area contributed by atoms with Gasteiger partial charge in [-0.25, -0.2) is 0 Å². The molecule has 2 nitrogen and oxygen atoms in total. The van der Waals surface area contributed by atoms with Crippen LogP contribution in [0, 0.1) is 13.8 Å². The Balaban J connectivity index is 2.73.